The van der Waals surface area contributed by atoms with Gasteiger partial charge in [0.2, 0.25) is 5.06 Å². The maximum atomic E-state index is 6.67. The molecular weight excluding hydrogens is 279 g/mol. The van der Waals surface area contributed by atoms with Crippen molar-refractivity contribution < 1.29 is 4.74 Å². The molecule has 0 aromatic heterocycles. The first-order valence-corrected chi connectivity index (χ1v) is 7.06. The minimum absolute atomic E-state index is 0.646. The number of benzene rings is 2. The Morgan fingerprint density at radius 3 is 2.74 bits per heavy atom. The second-order valence-corrected chi connectivity index (χ2v) is 5.94. The van der Waals surface area contributed by atoms with E-state index in [1.807, 2.05) is 36.4 Å². The van der Waals surface area contributed by atoms with Crippen molar-refractivity contribution in [3.05, 3.63) is 64.2 Å². The van der Waals surface area contributed by atoms with Crippen molar-refractivity contribution in [2.24, 2.45) is 0 Å². The molecule has 0 N–H and O–H groups in total. The summed E-state index contributed by atoms with van der Waals surface area (Å²) in [5, 5.41) is -0.214. The molecule has 0 fully saturated rings. The fourth-order valence-electron chi connectivity index (χ4n) is 2.48. The highest BCUT2D eigenvalue weighted by Gasteiger charge is 2.37. The molecule has 2 aromatic rings. The predicted octanol–water partition coefficient (Wildman–Crippen LogP) is 5.07. The Kier molecular flexibility index (Phi) is 3.20. The number of aryl methyl sites for hydroxylation is 2. The highest BCUT2D eigenvalue weighted by Crippen LogP contribution is 2.44. The lowest BCUT2D eigenvalue weighted by atomic mass is 9.96. The summed E-state index contributed by atoms with van der Waals surface area (Å²) in [4.78, 5) is 0. The third-order valence-electron chi connectivity index (χ3n) is 3.48. The van der Waals surface area contributed by atoms with Crippen molar-refractivity contribution in [1.29, 1.82) is 0 Å². The van der Waals surface area contributed by atoms with E-state index < -0.39 is 5.06 Å². The Hall–Kier alpha value is -1.18. The van der Waals surface area contributed by atoms with Crippen LogP contribution in [0, 0.1) is 6.92 Å². The summed E-state index contributed by atoms with van der Waals surface area (Å²) < 4.78 is 6.02. The lowest BCUT2D eigenvalue weighted by Crippen LogP contribution is -2.31. The smallest absolute Gasteiger partial charge is 0.209 e. The van der Waals surface area contributed by atoms with Gasteiger partial charge in [-0.3, -0.25) is 0 Å². The van der Waals surface area contributed by atoms with Crippen LogP contribution in [0.2, 0.25) is 5.02 Å². The molecular formula is C16H14Cl2O. The van der Waals surface area contributed by atoms with Gasteiger partial charge in [-0.25, -0.2) is 0 Å². The van der Waals surface area contributed by atoms with Crippen molar-refractivity contribution >= 4 is 23.2 Å². The van der Waals surface area contributed by atoms with Gasteiger partial charge in [0.05, 0.1) is 0 Å². The molecule has 0 saturated heterocycles. The second-order valence-electron chi connectivity index (χ2n) is 4.92. The average molecular weight is 293 g/mol. The molecule has 1 unspecified atom stereocenters. The van der Waals surface area contributed by atoms with E-state index in [1.165, 1.54) is 11.1 Å². The molecule has 0 spiro atoms. The van der Waals surface area contributed by atoms with Gasteiger partial charge < -0.3 is 4.74 Å². The van der Waals surface area contributed by atoms with E-state index in [1.54, 1.807) is 0 Å². The van der Waals surface area contributed by atoms with Crippen LogP contribution < -0.4 is 4.74 Å². The van der Waals surface area contributed by atoms with E-state index in [-0.39, 0.29) is 0 Å². The zero-order valence-corrected chi connectivity index (χ0v) is 12.1. The van der Waals surface area contributed by atoms with Crippen LogP contribution in [0.5, 0.6) is 5.75 Å². The van der Waals surface area contributed by atoms with Crippen molar-refractivity contribution in [2.45, 2.75) is 24.8 Å². The van der Waals surface area contributed by atoms with Gasteiger partial charge in [0.15, 0.2) is 0 Å². The molecule has 1 aliphatic heterocycles. The van der Waals surface area contributed by atoms with Gasteiger partial charge in [0, 0.05) is 17.0 Å². The van der Waals surface area contributed by atoms with Crippen molar-refractivity contribution in [3.63, 3.8) is 0 Å². The SMILES string of the molecule is Cc1ccc2c(c1)CCC(Cl)(c1ccccc1Cl)O2. The topological polar surface area (TPSA) is 9.23 Å². The first kappa shape index (κ1) is 12.8. The first-order valence-electron chi connectivity index (χ1n) is 6.31. The molecule has 19 heavy (non-hydrogen) atoms. The highest BCUT2D eigenvalue weighted by molar-refractivity contribution is 6.33. The zero-order valence-electron chi connectivity index (χ0n) is 10.6. The van der Waals surface area contributed by atoms with Crippen LogP contribution in [-0.4, -0.2) is 0 Å². The van der Waals surface area contributed by atoms with E-state index in [2.05, 4.69) is 13.0 Å². The van der Waals surface area contributed by atoms with Crippen LogP contribution in [0.15, 0.2) is 42.5 Å². The number of fused-ring (bicyclic) bond motifs is 1. The first-order chi connectivity index (χ1) is 9.08. The Labute approximate surface area is 123 Å². The Balaban J connectivity index is 2.01. The van der Waals surface area contributed by atoms with Crippen LogP contribution >= 0.6 is 23.2 Å². The van der Waals surface area contributed by atoms with Crippen LogP contribution in [-0.2, 0) is 11.5 Å². The third-order valence-corrected chi connectivity index (χ3v) is 4.28. The quantitative estimate of drug-likeness (QED) is 0.667. The van der Waals surface area contributed by atoms with E-state index in [9.17, 15) is 0 Å². The molecule has 0 amide bonds. The second kappa shape index (κ2) is 4.73. The highest BCUT2D eigenvalue weighted by atomic mass is 35.5. The molecule has 0 bridgehead atoms. The molecule has 3 heteroatoms. The standard InChI is InChI=1S/C16H14Cl2O/c1-11-6-7-15-12(10-11)8-9-16(18,19-15)13-4-2-3-5-14(13)17/h2-7,10H,8-9H2,1H3. The summed E-state index contributed by atoms with van der Waals surface area (Å²) in [6.45, 7) is 2.08. The molecule has 98 valence electrons. The van der Waals surface area contributed by atoms with E-state index in [4.69, 9.17) is 27.9 Å². The van der Waals surface area contributed by atoms with E-state index in [0.29, 0.717) is 5.02 Å². The molecule has 1 aliphatic rings. The monoisotopic (exact) mass is 292 g/mol. The number of hydrogen-bond acceptors (Lipinski definition) is 1. The Morgan fingerprint density at radius 2 is 1.95 bits per heavy atom. The molecule has 0 radical (unpaired) electrons. The summed E-state index contributed by atoms with van der Waals surface area (Å²) in [7, 11) is 0. The maximum Gasteiger partial charge on any atom is 0.209 e. The average Bonchev–Trinajstić information content (AvgIpc) is 2.40. The lowest BCUT2D eigenvalue weighted by Gasteiger charge is -2.34. The van der Waals surface area contributed by atoms with E-state index >= 15 is 0 Å². The summed E-state index contributed by atoms with van der Waals surface area (Å²) in [5.41, 5.74) is 3.29. The van der Waals surface area contributed by atoms with Gasteiger partial charge in [0.25, 0.3) is 0 Å². The largest absolute Gasteiger partial charge is 0.467 e. The Bertz CT molecular complexity index is 624. The maximum absolute atomic E-state index is 6.67. The fraction of sp³-hybridized carbons (Fsp3) is 0.250. The van der Waals surface area contributed by atoms with Crippen molar-refractivity contribution in [2.75, 3.05) is 0 Å². The molecule has 1 nitrogen and oxygen atoms in total. The molecule has 0 aliphatic carbocycles. The number of ether oxygens (including phenoxy) is 1. The lowest BCUT2D eigenvalue weighted by molar-refractivity contribution is 0.130. The summed E-state index contributed by atoms with van der Waals surface area (Å²) in [5.74, 6) is 0.853. The summed E-state index contributed by atoms with van der Waals surface area (Å²) in [6, 6.07) is 13.8. The van der Waals surface area contributed by atoms with Gasteiger partial charge in [0.1, 0.15) is 5.75 Å². The number of hydrogen-bond donors (Lipinski definition) is 0. The molecule has 1 heterocycles. The van der Waals surface area contributed by atoms with Gasteiger partial charge in [-0.2, -0.15) is 0 Å². The summed E-state index contributed by atoms with van der Waals surface area (Å²) in [6.07, 6.45) is 1.61. The van der Waals surface area contributed by atoms with Gasteiger partial charge in [-0.15, -0.1) is 0 Å². The minimum atomic E-state index is -0.861. The van der Waals surface area contributed by atoms with E-state index in [0.717, 1.165) is 24.2 Å². The van der Waals surface area contributed by atoms with Crippen LogP contribution in [0.1, 0.15) is 23.1 Å². The van der Waals surface area contributed by atoms with Gasteiger partial charge in [-0.1, -0.05) is 59.1 Å². The predicted molar refractivity (Wildman–Crippen MR) is 79.1 cm³/mol. The number of rotatable bonds is 1. The minimum Gasteiger partial charge on any atom is -0.467 e. The van der Waals surface area contributed by atoms with Crippen LogP contribution in [0.4, 0.5) is 0 Å². The number of halogens is 2. The summed E-state index contributed by atoms with van der Waals surface area (Å²) >= 11 is 12.9. The van der Waals surface area contributed by atoms with Crippen molar-refractivity contribution in [3.8, 4) is 5.75 Å². The zero-order chi connectivity index (χ0) is 13.5. The van der Waals surface area contributed by atoms with Crippen LogP contribution in [0.25, 0.3) is 0 Å². The third kappa shape index (κ3) is 2.33. The molecule has 3 rings (SSSR count). The Morgan fingerprint density at radius 1 is 1.16 bits per heavy atom. The molecule has 2 aromatic carbocycles. The normalized spacial score (nSPS) is 21.6. The fourth-order valence-corrected chi connectivity index (χ4v) is 3.16. The molecule has 0 saturated carbocycles. The molecule has 1 atom stereocenters. The van der Waals surface area contributed by atoms with Gasteiger partial charge in [-0.05, 0) is 31.0 Å². The number of alkyl halides is 1. The van der Waals surface area contributed by atoms with Crippen molar-refractivity contribution in [1.82, 2.24) is 0 Å². The van der Waals surface area contributed by atoms with Gasteiger partial charge >= 0.3 is 0 Å². The van der Waals surface area contributed by atoms with Crippen LogP contribution in [0.3, 0.4) is 0 Å².